The van der Waals surface area contributed by atoms with Crippen LogP contribution in [-0.2, 0) is 16.1 Å². The summed E-state index contributed by atoms with van der Waals surface area (Å²) in [5, 5.41) is 3.09. The summed E-state index contributed by atoms with van der Waals surface area (Å²) in [4.78, 5) is 12.3. The maximum Gasteiger partial charge on any atom is 0.249 e. The summed E-state index contributed by atoms with van der Waals surface area (Å²) in [7, 11) is 1.63. The predicted molar refractivity (Wildman–Crippen MR) is 85.6 cm³/mol. The van der Waals surface area contributed by atoms with Crippen LogP contribution in [0.3, 0.4) is 0 Å². The standard InChI is InChI=1S/C17H26N2O3/c1-13(16(20)19-17(12-18)8-3-4-9-17)22-11-14-6-5-7-15(10-14)21-2/h5-7,10,13H,3-4,8-9,11-12,18H2,1-2H3,(H,19,20). The molecule has 1 aliphatic rings. The van der Waals surface area contributed by atoms with Gasteiger partial charge in [-0.15, -0.1) is 0 Å². The van der Waals surface area contributed by atoms with Crippen LogP contribution >= 0.6 is 0 Å². The van der Waals surface area contributed by atoms with E-state index in [-0.39, 0.29) is 11.4 Å². The van der Waals surface area contributed by atoms with Gasteiger partial charge in [-0.3, -0.25) is 4.79 Å². The fourth-order valence-electron chi connectivity index (χ4n) is 2.85. The molecule has 1 aromatic rings. The van der Waals surface area contributed by atoms with Gasteiger partial charge in [0.05, 0.1) is 19.3 Å². The first-order chi connectivity index (χ1) is 10.6. The van der Waals surface area contributed by atoms with E-state index in [1.165, 1.54) is 0 Å². The summed E-state index contributed by atoms with van der Waals surface area (Å²) in [5.41, 5.74) is 6.59. The fraction of sp³-hybridized carbons (Fsp3) is 0.588. The second-order valence-electron chi connectivity index (χ2n) is 5.99. The summed E-state index contributed by atoms with van der Waals surface area (Å²) in [6.07, 6.45) is 3.65. The molecular weight excluding hydrogens is 280 g/mol. The van der Waals surface area contributed by atoms with Crippen molar-refractivity contribution >= 4 is 5.91 Å². The Bertz CT molecular complexity index is 498. The van der Waals surface area contributed by atoms with Crippen LogP contribution in [0.15, 0.2) is 24.3 Å². The van der Waals surface area contributed by atoms with Crippen molar-refractivity contribution in [2.75, 3.05) is 13.7 Å². The van der Waals surface area contributed by atoms with Crippen molar-refractivity contribution in [1.29, 1.82) is 0 Å². The minimum absolute atomic E-state index is 0.0877. The predicted octanol–water partition coefficient (Wildman–Crippen LogP) is 1.99. The third-order valence-electron chi connectivity index (χ3n) is 4.34. The summed E-state index contributed by atoms with van der Waals surface area (Å²) >= 11 is 0. The number of hydrogen-bond donors (Lipinski definition) is 2. The van der Waals surface area contributed by atoms with Gasteiger partial charge in [0.1, 0.15) is 11.9 Å². The number of carbonyl (C=O) groups is 1. The van der Waals surface area contributed by atoms with Gasteiger partial charge in [0, 0.05) is 6.54 Å². The lowest BCUT2D eigenvalue weighted by Gasteiger charge is -2.30. The highest BCUT2D eigenvalue weighted by atomic mass is 16.5. The smallest absolute Gasteiger partial charge is 0.249 e. The van der Waals surface area contributed by atoms with Crippen molar-refractivity contribution in [2.24, 2.45) is 5.73 Å². The van der Waals surface area contributed by atoms with Crippen molar-refractivity contribution in [2.45, 2.75) is 50.9 Å². The van der Waals surface area contributed by atoms with Crippen LogP contribution in [0.2, 0.25) is 0 Å². The highest BCUT2D eigenvalue weighted by molar-refractivity contribution is 5.81. The van der Waals surface area contributed by atoms with E-state index in [2.05, 4.69) is 5.32 Å². The average Bonchev–Trinajstić information content (AvgIpc) is 3.01. The number of hydrogen-bond acceptors (Lipinski definition) is 4. The minimum atomic E-state index is -0.504. The third kappa shape index (κ3) is 4.21. The lowest BCUT2D eigenvalue weighted by atomic mass is 9.97. The molecule has 1 saturated carbocycles. The van der Waals surface area contributed by atoms with E-state index in [9.17, 15) is 4.79 Å². The molecule has 3 N–H and O–H groups in total. The first kappa shape index (κ1) is 16.8. The molecule has 1 aromatic carbocycles. The number of carbonyl (C=O) groups excluding carboxylic acids is 1. The van der Waals surface area contributed by atoms with Gasteiger partial charge in [-0.25, -0.2) is 0 Å². The normalized spacial score (nSPS) is 18.0. The van der Waals surface area contributed by atoms with E-state index in [0.717, 1.165) is 37.0 Å². The molecule has 0 aromatic heterocycles. The Morgan fingerprint density at radius 2 is 2.14 bits per heavy atom. The molecule has 1 fully saturated rings. The van der Waals surface area contributed by atoms with E-state index in [1.807, 2.05) is 24.3 Å². The Labute approximate surface area is 132 Å². The molecule has 1 aliphatic carbocycles. The highest BCUT2D eigenvalue weighted by Gasteiger charge is 2.35. The number of rotatable bonds is 7. The number of benzene rings is 1. The zero-order valence-electron chi connectivity index (χ0n) is 13.4. The van der Waals surface area contributed by atoms with Crippen LogP contribution in [0.5, 0.6) is 5.75 Å². The first-order valence-electron chi connectivity index (χ1n) is 7.85. The Balaban J connectivity index is 1.85. The van der Waals surface area contributed by atoms with Crippen molar-refractivity contribution in [3.8, 4) is 5.75 Å². The quantitative estimate of drug-likeness (QED) is 0.808. The van der Waals surface area contributed by atoms with Gasteiger partial charge in [0.25, 0.3) is 0 Å². The molecule has 0 aliphatic heterocycles. The summed E-state index contributed by atoms with van der Waals surface area (Å²) in [5.74, 6) is 0.696. The second-order valence-corrected chi connectivity index (χ2v) is 5.99. The number of nitrogens with one attached hydrogen (secondary N) is 1. The van der Waals surface area contributed by atoms with Gasteiger partial charge in [-0.05, 0) is 37.5 Å². The maximum absolute atomic E-state index is 12.3. The Kier molecular flexibility index (Phi) is 5.80. The second kappa shape index (κ2) is 7.61. The molecule has 1 atom stereocenters. The lowest BCUT2D eigenvalue weighted by Crippen LogP contribution is -2.54. The summed E-state index contributed by atoms with van der Waals surface area (Å²) in [6.45, 7) is 2.64. The van der Waals surface area contributed by atoms with Crippen LogP contribution in [-0.4, -0.2) is 31.2 Å². The van der Waals surface area contributed by atoms with Crippen molar-refractivity contribution in [3.63, 3.8) is 0 Å². The monoisotopic (exact) mass is 306 g/mol. The Morgan fingerprint density at radius 1 is 1.41 bits per heavy atom. The number of ether oxygens (including phenoxy) is 2. The van der Waals surface area contributed by atoms with E-state index >= 15 is 0 Å². The largest absolute Gasteiger partial charge is 0.497 e. The molecule has 22 heavy (non-hydrogen) atoms. The van der Waals surface area contributed by atoms with Crippen molar-refractivity contribution in [3.05, 3.63) is 29.8 Å². The molecule has 2 rings (SSSR count). The lowest BCUT2D eigenvalue weighted by molar-refractivity contribution is -0.134. The molecular formula is C17H26N2O3. The van der Waals surface area contributed by atoms with Crippen LogP contribution in [0.25, 0.3) is 0 Å². The Morgan fingerprint density at radius 3 is 2.77 bits per heavy atom. The van der Waals surface area contributed by atoms with Crippen molar-refractivity contribution < 1.29 is 14.3 Å². The van der Waals surface area contributed by atoms with Gasteiger partial charge >= 0.3 is 0 Å². The third-order valence-corrected chi connectivity index (χ3v) is 4.34. The van der Waals surface area contributed by atoms with E-state index < -0.39 is 6.10 Å². The number of nitrogens with two attached hydrogens (primary N) is 1. The van der Waals surface area contributed by atoms with Gasteiger partial charge in [0.2, 0.25) is 5.91 Å². The number of amides is 1. The zero-order valence-corrected chi connectivity index (χ0v) is 13.4. The topological polar surface area (TPSA) is 73.6 Å². The molecule has 5 nitrogen and oxygen atoms in total. The van der Waals surface area contributed by atoms with Crippen molar-refractivity contribution in [1.82, 2.24) is 5.32 Å². The molecule has 0 bridgehead atoms. The molecule has 122 valence electrons. The molecule has 0 heterocycles. The summed E-state index contributed by atoms with van der Waals surface area (Å²) in [6, 6.07) is 7.64. The SMILES string of the molecule is COc1cccc(COC(C)C(=O)NC2(CN)CCCC2)c1. The van der Waals surface area contributed by atoms with Crippen LogP contribution < -0.4 is 15.8 Å². The first-order valence-corrected chi connectivity index (χ1v) is 7.85. The average molecular weight is 306 g/mol. The van der Waals surface area contributed by atoms with E-state index in [4.69, 9.17) is 15.2 Å². The highest BCUT2D eigenvalue weighted by Crippen LogP contribution is 2.28. The molecule has 1 amide bonds. The molecule has 5 heteroatoms. The molecule has 1 unspecified atom stereocenters. The molecule has 0 spiro atoms. The van der Waals surface area contributed by atoms with E-state index in [0.29, 0.717) is 13.2 Å². The minimum Gasteiger partial charge on any atom is -0.497 e. The maximum atomic E-state index is 12.3. The van der Waals surface area contributed by atoms with E-state index in [1.54, 1.807) is 14.0 Å². The van der Waals surface area contributed by atoms with Gasteiger partial charge in [-0.2, -0.15) is 0 Å². The van der Waals surface area contributed by atoms with Crippen LogP contribution in [0, 0.1) is 0 Å². The summed E-state index contributed by atoms with van der Waals surface area (Å²) < 4.78 is 10.9. The van der Waals surface area contributed by atoms with Crippen LogP contribution in [0.1, 0.15) is 38.2 Å². The van der Waals surface area contributed by atoms with Gasteiger partial charge in [0.15, 0.2) is 0 Å². The molecule has 0 radical (unpaired) electrons. The zero-order chi connectivity index (χ0) is 16.0. The van der Waals surface area contributed by atoms with Gasteiger partial charge < -0.3 is 20.5 Å². The van der Waals surface area contributed by atoms with Crippen LogP contribution in [0.4, 0.5) is 0 Å². The fourth-order valence-corrected chi connectivity index (χ4v) is 2.85. The molecule has 0 saturated heterocycles. The number of methoxy groups -OCH3 is 1. The Hall–Kier alpha value is -1.59. The van der Waals surface area contributed by atoms with Gasteiger partial charge in [-0.1, -0.05) is 25.0 Å².